The molecule has 1 aliphatic rings. The Kier molecular flexibility index (Phi) is 5.23. The van der Waals surface area contributed by atoms with E-state index in [0.717, 1.165) is 57.4 Å². The van der Waals surface area contributed by atoms with Crippen molar-refractivity contribution in [3.63, 3.8) is 0 Å². The van der Waals surface area contributed by atoms with Crippen molar-refractivity contribution in [1.82, 2.24) is 19.9 Å². The fraction of sp³-hybridized carbons (Fsp3) is 0.625. The monoisotopic (exact) mass is 320 g/mol. The van der Waals surface area contributed by atoms with Crippen LogP contribution in [0.4, 0.5) is 0 Å². The topological polar surface area (TPSA) is 45.4 Å². The van der Waals surface area contributed by atoms with E-state index in [4.69, 9.17) is 4.52 Å². The van der Waals surface area contributed by atoms with Gasteiger partial charge in [-0.1, -0.05) is 25.1 Å². The van der Waals surface area contributed by atoms with Crippen LogP contribution in [0.15, 0.2) is 22.0 Å². The van der Waals surface area contributed by atoms with Gasteiger partial charge in [-0.3, -0.25) is 9.80 Å². The molecule has 2 aromatic heterocycles. The van der Waals surface area contributed by atoms with Crippen LogP contribution in [0.5, 0.6) is 0 Å². The maximum absolute atomic E-state index is 5.37. The van der Waals surface area contributed by atoms with Gasteiger partial charge in [0.1, 0.15) is 0 Å². The highest BCUT2D eigenvalue weighted by Crippen LogP contribution is 2.14. The average Bonchev–Trinajstić information content (AvgIpc) is 3.13. The highest BCUT2D eigenvalue weighted by Gasteiger charge is 2.19. The third kappa shape index (κ3) is 4.38. The van der Waals surface area contributed by atoms with Gasteiger partial charge in [-0.25, -0.2) is 0 Å². The fourth-order valence-corrected chi connectivity index (χ4v) is 3.47. The Bertz CT molecular complexity index is 558. The van der Waals surface area contributed by atoms with Crippen molar-refractivity contribution in [3.8, 4) is 0 Å². The van der Waals surface area contributed by atoms with Crippen LogP contribution >= 0.6 is 11.3 Å². The summed E-state index contributed by atoms with van der Waals surface area (Å²) >= 11 is 1.84. The molecule has 1 aliphatic heterocycles. The molecule has 0 aliphatic carbocycles. The Morgan fingerprint density at radius 1 is 1.18 bits per heavy atom. The van der Waals surface area contributed by atoms with Crippen LogP contribution in [0.2, 0.25) is 0 Å². The molecule has 0 radical (unpaired) electrons. The third-order valence-electron chi connectivity index (χ3n) is 3.88. The van der Waals surface area contributed by atoms with E-state index >= 15 is 0 Å². The standard InChI is InChI=1S/C16H24N4OS/c1-13(2)10-15-17-16(21-18-15)12-20-7-5-19(6-8-20)11-14-4-3-9-22-14/h3-4,9,13H,5-8,10-12H2,1-2H3. The molecule has 0 saturated carbocycles. The minimum absolute atomic E-state index is 0.561. The Morgan fingerprint density at radius 2 is 1.91 bits per heavy atom. The third-order valence-corrected chi connectivity index (χ3v) is 4.75. The summed E-state index contributed by atoms with van der Waals surface area (Å²) in [5.74, 6) is 2.15. The van der Waals surface area contributed by atoms with E-state index < -0.39 is 0 Å². The van der Waals surface area contributed by atoms with Crippen molar-refractivity contribution in [2.45, 2.75) is 33.4 Å². The van der Waals surface area contributed by atoms with Gasteiger partial charge in [0.2, 0.25) is 5.89 Å². The number of hydrogen-bond acceptors (Lipinski definition) is 6. The molecule has 0 amide bonds. The SMILES string of the molecule is CC(C)Cc1noc(CN2CCN(Cc3cccs3)CC2)n1. The largest absolute Gasteiger partial charge is 0.338 e. The van der Waals surface area contributed by atoms with Crippen LogP contribution in [-0.2, 0) is 19.5 Å². The molecule has 1 saturated heterocycles. The van der Waals surface area contributed by atoms with Crippen molar-refractivity contribution in [1.29, 1.82) is 0 Å². The summed E-state index contributed by atoms with van der Waals surface area (Å²) in [6, 6.07) is 4.34. The van der Waals surface area contributed by atoms with Gasteiger partial charge in [0, 0.05) is 44.0 Å². The Labute approximate surface area is 135 Å². The van der Waals surface area contributed by atoms with Gasteiger partial charge in [-0.05, 0) is 17.4 Å². The van der Waals surface area contributed by atoms with E-state index in [0.29, 0.717) is 5.92 Å². The molecule has 22 heavy (non-hydrogen) atoms. The van der Waals surface area contributed by atoms with Gasteiger partial charge in [-0.2, -0.15) is 4.98 Å². The first-order chi connectivity index (χ1) is 10.7. The molecule has 3 rings (SSSR count). The maximum atomic E-state index is 5.37. The van der Waals surface area contributed by atoms with Crippen LogP contribution in [0, 0.1) is 5.92 Å². The van der Waals surface area contributed by atoms with Gasteiger partial charge in [0.05, 0.1) is 6.54 Å². The molecule has 2 aromatic rings. The molecule has 6 heteroatoms. The molecule has 0 aromatic carbocycles. The summed E-state index contributed by atoms with van der Waals surface area (Å²) in [7, 11) is 0. The zero-order valence-electron chi connectivity index (χ0n) is 13.4. The van der Waals surface area contributed by atoms with E-state index in [9.17, 15) is 0 Å². The molecular weight excluding hydrogens is 296 g/mol. The lowest BCUT2D eigenvalue weighted by atomic mass is 10.1. The second-order valence-electron chi connectivity index (χ2n) is 6.33. The summed E-state index contributed by atoms with van der Waals surface area (Å²) in [6.45, 7) is 10.5. The molecular formula is C16H24N4OS. The van der Waals surface area contributed by atoms with Crippen molar-refractivity contribution in [2.75, 3.05) is 26.2 Å². The fourth-order valence-electron chi connectivity index (χ4n) is 2.72. The van der Waals surface area contributed by atoms with Gasteiger partial charge >= 0.3 is 0 Å². The van der Waals surface area contributed by atoms with E-state index in [1.54, 1.807) is 0 Å². The van der Waals surface area contributed by atoms with Crippen molar-refractivity contribution >= 4 is 11.3 Å². The summed E-state index contributed by atoms with van der Waals surface area (Å²) in [4.78, 5) is 10.9. The predicted molar refractivity (Wildman–Crippen MR) is 87.7 cm³/mol. The zero-order chi connectivity index (χ0) is 15.4. The second kappa shape index (κ2) is 7.35. The van der Waals surface area contributed by atoms with Crippen LogP contribution in [0.25, 0.3) is 0 Å². The first-order valence-electron chi connectivity index (χ1n) is 7.97. The number of thiophene rings is 1. The zero-order valence-corrected chi connectivity index (χ0v) is 14.2. The smallest absolute Gasteiger partial charge is 0.240 e. The van der Waals surface area contributed by atoms with Crippen molar-refractivity contribution in [3.05, 3.63) is 34.1 Å². The Hall–Kier alpha value is -1.24. The summed E-state index contributed by atoms with van der Waals surface area (Å²) in [5, 5.41) is 6.21. The van der Waals surface area contributed by atoms with Gasteiger partial charge < -0.3 is 4.52 Å². The average molecular weight is 320 g/mol. The minimum atomic E-state index is 0.561. The minimum Gasteiger partial charge on any atom is -0.338 e. The van der Waals surface area contributed by atoms with E-state index in [1.165, 1.54) is 4.88 Å². The molecule has 0 atom stereocenters. The Morgan fingerprint density at radius 3 is 2.55 bits per heavy atom. The van der Waals surface area contributed by atoms with Crippen molar-refractivity contribution in [2.24, 2.45) is 5.92 Å². The molecule has 0 spiro atoms. The molecule has 1 fully saturated rings. The lowest BCUT2D eigenvalue weighted by molar-refractivity contribution is 0.113. The Balaban J connectivity index is 1.44. The summed E-state index contributed by atoms with van der Waals surface area (Å²) in [6.07, 6.45) is 0.887. The molecule has 0 unspecified atom stereocenters. The normalized spacial score (nSPS) is 17.4. The molecule has 3 heterocycles. The summed E-state index contributed by atoms with van der Waals surface area (Å²) < 4.78 is 5.37. The van der Waals surface area contributed by atoms with Crippen LogP contribution in [0.1, 0.15) is 30.4 Å². The number of hydrogen-bond donors (Lipinski definition) is 0. The number of nitrogens with zero attached hydrogens (tertiary/aromatic N) is 4. The molecule has 0 bridgehead atoms. The number of piperazine rings is 1. The molecule has 0 N–H and O–H groups in total. The molecule has 5 nitrogen and oxygen atoms in total. The van der Waals surface area contributed by atoms with E-state index in [2.05, 4.69) is 51.3 Å². The van der Waals surface area contributed by atoms with E-state index in [1.807, 2.05) is 11.3 Å². The highest BCUT2D eigenvalue weighted by atomic mass is 32.1. The maximum Gasteiger partial charge on any atom is 0.240 e. The van der Waals surface area contributed by atoms with Crippen LogP contribution in [0.3, 0.4) is 0 Å². The van der Waals surface area contributed by atoms with Crippen LogP contribution < -0.4 is 0 Å². The predicted octanol–water partition coefficient (Wildman–Crippen LogP) is 2.65. The lowest BCUT2D eigenvalue weighted by Crippen LogP contribution is -2.45. The first kappa shape index (κ1) is 15.6. The van der Waals surface area contributed by atoms with Gasteiger partial charge in [-0.15, -0.1) is 11.3 Å². The van der Waals surface area contributed by atoms with Crippen LogP contribution in [-0.4, -0.2) is 46.1 Å². The van der Waals surface area contributed by atoms with Gasteiger partial charge in [0.25, 0.3) is 0 Å². The lowest BCUT2D eigenvalue weighted by Gasteiger charge is -2.33. The molecule has 120 valence electrons. The second-order valence-corrected chi connectivity index (χ2v) is 7.37. The van der Waals surface area contributed by atoms with E-state index in [-0.39, 0.29) is 0 Å². The number of rotatable bonds is 6. The quantitative estimate of drug-likeness (QED) is 0.819. The number of aromatic nitrogens is 2. The van der Waals surface area contributed by atoms with Crippen molar-refractivity contribution < 1.29 is 4.52 Å². The van der Waals surface area contributed by atoms with Gasteiger partial charge in [0.15, 0.2) is 5.82 Å². The first-order valence-corrected chi connectivity index (χ1v) is 8.85. The highest BCUT2D eigenvalue weighted by molar-refractivity contribution is 7.09. The summed E-state index contributed by atoms with van der Waals surface area (Å²) in [5.41, 5.74) is 0.